The lowest BCUT2D eigenvalue weighted by molar-refractivity contribution is 0.0961. The highest BCUT2D eigenvalue weighted by atomic mass is 16.1. The van der Waals surface area contributed by atoms with Gasteiger partial charge >= 0.3 is 0 Å². The van der Waals surface area contributed by atoms with Crippen LogP contribution in [0.5, 0.6) is 0 Å². The monoisotopic (exact) mass is 334 g/mol. The second kappa shape index (κ2) is 7.38. The van der Waals surface area contributed by atoms with Gasteiger partial charge in [-0.1, -0.05) is 69.3 Å². The van der Waals surface area contributed by atoms with Gasteiger partial charge in [-0.25, -0.2) is 0 Å². The van der Waals surface area contributed by atoms with E-state index in [1.165, 1.54) is 15.9 Å². The van der Waals surface area contributed by atoms with Crippen LogP contribution in [0.4, 0.5) is 0 Å². The van der Waals surface area contributed by atoms with Crippen LogP contribution < -0.4 is 0 Å². The van der Waals surface area contributed by atoms with Gasteiger partial charge in [-0.3, -0.25) is 4.79 Å². The fourth-order valence-electron chi connectivity index (χ4n) is 2.59. The van der Waals surface area contributed by atoms with E-state index in [0.29, 0.717) is 17.3 Å². The number of carbonyl (C=O) groups excluding carboxylic acids is 1. The van der Waals surface area contributed by atoms with Crippen molar-refractivity contribution >= 4 is 5.78 Å². The van der Waals surface area contributed by atoms with Crippen molar-refractivity contribution in [1.82, 2.24) is 20.2 Å². The first-order valence-electron chi connectivity index (χ1n) is 8.57. The van der Waals surface area contributed by atoms with Crippen LogP contribution in [0.1, 0.15) is 48.2 Å². The lowest BCUT2D eigenvalue weighted by Crippen LogP contribution is -2.13. The number of nitrogens with zero attached hydrogens (tertiary/aromatic N) is 4. The van der Waals surface area contributed by atoms with Crippen molar-refractivity contribution in [2.24, 2.45) is 0 Å². The highest BCUT2D eigenvalue weighted by molar-refractivity contribution is 5.95. The molecule has 0 bridgehead atoms. The number of aryl methyl sites for hydroxylation is 1. The van der Waals surface area contributed by atoms with E-state index < -0.39 is 0 Å². The molecule has 0 N–H and O–H groups in total. The molecule has 0 aliphatic rings. The van der Waals surface area contributed by atoms with Gasteiger partial charge in [-0.2, -0.15) is 4.80 Å². The molecule has 0 aliphatic carbocycles. The summed E-state index contributed by atoms with van der Waals surface area (Å²) in [5.41, 5.74) is 4.04. The molecule has 5 nitrogen and oxygen atoms in total. The van der Waals surface area contributed by atoms with E-state index in [-0.39, 0.29) is 12.3 Å². The second-order valence-electron chi connectivity index (χ2n) is 6.39. The molecule has 0 radical (unpaired) electrons. The third-order valence-electron chi connectivity index (χ3n) is 4.26. The highest BCUT2D eigenvalue weighted by Gasteiger charge is 2.11. The van der Waals surface area contributed by atoms with Gasteiger partial charge in [0.25, 0.3) is 0 Å². The predicted octanol–water partition coefficient (Wildman–Crippen LogP) is 3.91. The fraction of sp³-hybridized carbons (Fsp3) is 0.300. The number of tetrazole rings is 1. The molecular formula is C20H22N4O. The Labute approximate surface area is 147 Å². The summed E-state index contributed by atoms with van der Waals surface area (Å²) in [7, 11) is 0. The van der Waals surface area contributed by atoms with E-state index in [1.54, 1.807) is 0 Å². The molecule has 0 aliphatic heterocycles. The van der Waals surface area contributed by atoms with E-state index in [0.717, 1.165) is 12.0 Å². The van der Waals surface area contributed by atoms with E-state index in [4.69, 9.17) is 0 Å². The number of rotatable bonds is 6. The minimum absolute atomic E-state index is 0.0261. The van der Waals surface area contributed by atoms with E-state index in [9.17, 15) is 4.79 Å². The average Bonchev–Trinajstić information content (AvgIpc) is 3.10. The molecule has 2 aromatic carbocycles. The first kappa shape index (κ1) is 17.0. The summed E-state index contributed by atoms with van der Waals surface area (Å²) >= 11 is 0. The molecule has 25 heavy (non-hydrogen) atoms. The maximum absolute atomic E-state index is 12.4. The molecule has 0 amide bonds. The number of ketones is 1. The zero-order chi connectivity index (χ0) is 17.8. The summed E-state index contributed by atoms with van der Waals surface area (Å²) < 4.78 is 0. The van der Waals surface area contributed by atoms with Crippen LogP contribution in [0.2, 0.25) is 0 Å². The molecular weight excluding hydrogens is 312 g/mol. The van der Waals surface area contributed by atoms with Crippen LogP contribution in [0.15, 0.2) is 48.5 Å². The van der Waals surface area contributed by atoms with Gasteiger partial charge in [-0.15, -0.1) is 10.2 Å². The van der Waals surface area contributed by atoms with Crippen LogP contribution >= 0.6 is 0 Å². The Kier molecular flexibility index (Phi) is 5.03. The molecule has 0 spiro atoms. The predicted molar refractivity (Wildman–Crippen MR) is 97.5 cm³/mol. The molecule has 0 fully saturated rings. The number of Topliss-reactive ketones (excluding diaryl/α,β-unsaturated/α-hetero) is 1. The van der Waals surface area contributed by atoms with Gasteiger partial charge in [0, 0.05) is 11.1 Å². The molecule has 3 aromatic rings. The largest absolute Gasteiger partial charge is 0.292 e. The molecule has 5 heteroatoms. The van der Waals surface area contributed by atoms with Gasteiger partial charge in [0.1, 0.15) is 6.54 Å². The summed E-state index contributed by atoms with van der Waals surface area (Å²) in [4.78, 5) is 13.7. The topological polar surface area (TPSA) is 60.7 Å². The van der Waals surface area contributed by atoms with E-state index in [2.05, 4.69) is 48.3 Å². The van der Waals surface area contributed by atoms with Gasteiger partial charge < -0.3 is 0 Å². The zero-order valence-electron chi connectivity index (χ0n) is 14.8. The van der Waals surface area contributed by atoms with Gasteiger partial charge in [-0.05, 0) is 28.7 Å². The van der Waals surface area contributed by atoms with Gasteiger partial charge in [0.15, 0.2) is 5.78 Å². The summed E-state index contributed by atoms with van der Waals surface area (Å²) in [5, 5.41) is 12.4. The van der Waals surface area contributed by atoms with Crippen molar-refractivity contribution in [1.29, 1.82) is 0 Å². The van der Waals surface area contributed by atoms with Crippen molar-refractivity contribution in [3.8, 4) is 11.4 Å². The Balaban J connectivity index is 1.71. The Morgan fingerprint density at radius 1 is 1.04 bits per heavy atom. The SMILES string of the molecule is CCc1ccc(C(=O)Cn2nnc(-c3ccc(C(C)C)cc3)n2)cc1. The molecule has 0 unspecified atom stereocenters. The Morgan fingerprint density at radius 3 is 2.32 bits per heavy atom. The molecule has 3 rings (SSSR count). The van der Waals surface area contributed by atoms with Crippen molar-refractivity contribution in [2.75, 3.05) is 0 Å². The molecule has 128 valence electrons. The van der Waals surface area contributed by atoms with Crippen LogP contribution in [-0.2, 0) is 13.0 Å². The smallest absolute Gasteiger partial charge is 0.204 e. The highest BCUT2D eigenvalue weighted by Crippen LogP contribution is 2.19. The third-order valence-corrected chi connectivity index (χ3v) is 4.26. The molecule has 0 atom stereocenters. The maximum atomic E-state index is 12.4. The molecule has 0 saturated carbocycles. The Hall–Kier alpha value is -2.82. The first-order valence-corrected chi connectivity index (χ1v) is 8.57. The molecule has 1 heterocycles. The quantitative estimate of drug-likeness (QED) is 0.641. The lowest BCUT2D eigenvalue weighted by atomic mass is 10.0. The van der Waals surface area contributed by atoms with Crippen molar-refractivity contribution < 1.29 is 4.79 Å². The summed E-state index contributed by atoms with van der Waals surface area (Å²) in [6.45, 7) is 6.48. The number of aromatic nitrogens is 4. The van der Waals surface area contributed by atoms with Crippen molar-refractivity contribution in [2.45, 2.75) is 39.7 Å². The zero-order valence-corrected chi connectivity index (χ0v) is 14.8. The molecule has 0 saturated heterocycles. The standard InChI is InChI=1S/C20H22N4O/c1-4-15-5-7-17(8-6-15)19(25)13-24-22-20(21-23-24)18-11-9-16(10-12-18)14(2)3/h5-12,14H,4,13H2,1-3H3. The minimum Gasteiger partial charge on any atom is -0.292 e. The Bertz CT molecular complexity index is 848. The van der Waals surface area contributed by atoms with Crippen molar-refractivity contribution in [3.05, 3.63) is 65.2 Å². The minimum atomic E-state index is -0.0261. The van der Waals surface area contributed by atoms with Crippen LogP contribution in [0.3, 0.4) is 0 Å². The summed E-state index contributed by atoms with van der Waals surface area (Å²) in [6.07, 6.45) is 0.956. The Morgan fingerprint density at radius 2 is 1.72 bits per heavy atom. The molecule has 1 aromatic heterocycles. The van der Waals surface area contributed by atoms with Crippen LogP contribution in [0, 0.1) is 0 Å². The summed E-state index contributed by atoms with van der Waals surface area (Å²) in [5.74, 6) is 0.987. The summed E-state index contributed by atoms with van der Waals surface area (Å²) in [6, 6.07) is 15.8. The second-order valence-corrected chi connectivity index (χ2v) is 6.39. The van der Waals surface area contributed by atoms with Crippen LogP contribution in [0.25, 0.3) is 11.4 Å². The number of hydrogen-bond donors (Lipinski definition) is 0. The number of hydrogen-bond acceptors (Lipinski definition) is 4. The maximum Gasteiger partial charge on any atom is 0.204 e. The van der Waals surface area contributed by atoms with E-state index >= 15 is 0 Å². The normalized spacial score (nSPS) is 11.0. The van der Waals surface area contributed by atoms with Gasteiger partial charge in [0.2, 0.25) is 5.82 Å². The number of carbonyl (C=O) groups is 1. The van der Waals surface area contributed by atoms with Crippen molar-refractivity contribution in [3.63, 3.8) is 0 Å². The van der Waals surface area contributed by atoms with Gasteiger partial charge in [0.05, 0.1) is 0 Å². The van der Waals surface area contributed by atoms with Crippen LogP contribution in [-0.4, -0.2) is 26.0 Å². The average molecular weight is 334 g/mol. The number of benzene rings is 2. The van der Waals surface area contributed by atoms with E-state index in [1.807, 2.05) is 36.4 Å². The lowest BCUT2D eigenvalue weighted by Gasteiger charge is -2.04. The third kappa shape index (κ3) is 3.99. The fourth-order valence-corrected chi connectivity index (χ4v) is 2.59. The first-order chi connectivity index (χ1) is 12.1.